The number of nitrogens with zero attached hydrogens (tertiary/aromatic N) is 3. The lowest BCUT2D eigenvalue weighted by molar-refractivity contribution is 0.0602. The molecule has 0 fully saturated rings. The fraction of sp³-hybridized carbons (Fsp3) is 0.188. The molecule has 2 heterocycles. The largest absolute Gasteiger partial charge is 0.465 e. The second-order valence-corrected chi connectivity index (χ2v) is 4.97. The van der Waals surface area contributed by atoms with Crippen molar-refractivity contribution in [3.8, 4) is 0 Å². The fourth-order valence-electron chi connectivity index (χ4n) is 2.40. The van der Waals surface area contributed by atoms with E-state index >= 15 is 0 Å². The van der Waals surface area contributed by atoms with E-state index in [1.165, 1.54) is 7.11 Å². The standard InChI is InChI=1S/C16H17N5O2/c1-17-16-19-12-8-9-21(2)13(12)14(20-16)18-11-7-5-4-6-10(11)15(22)23-3/h4-9H,1-3H3,(H2,17,18,19,20). The summed E-state index contributed by atoms with van der Waals surface area (Å²) in [5.41, 5.74) is 2.73. The first kappa shape index (κ1) is 14.8. The Morgan fingerprint density at radius 3 is 2.74 bits per heavy atom. The van der Waals surface area contributed by atoms with Gasteiger partial charge in [-0.05, 0) is 18.2 Å². The van der Waals surface area contributed by atoms with Gasteiger partial charge in [-0.25, -0.2) is 9.78 Å². The third-order valence-electron chi connectivity index (χ3n) is 3.53. The molecule has 0 amide bonds. The van der Waals surface area contributed by atoms with E-state index in [1.807, 2.05) is 36.0 Å². The van der Waals surface area contributed by atoms with Crippen LogP contribution in [0.4, 0.5) is 17.5 Å². The summed E-state index contributed by atoms with van der Waals surface area (Å²) >= 11 is 0. The molecule has 0 aliphatic heterocycles. The van der Waals surface area contributed by atoms with Gasteiger partial charge >= 0.3 is 5.97 Å². The van der Waals surface area contributed by atoms with Gasteiger partial charge in [-0.2, -0.15) is 4.98 Å². The van der Waals surface area contributed by atoms with Crippen molar-refractivity contribution in [1.29, 1.82) is 0 Å². The number of ether oxygens (including phenoxy) is 1. The molecule has 23 heavy (non-hydrogen) atoms. The van der Waals surface area contributed by atoms with E-state index in [-0.39, 0.29) is 0 Å². The highest BCUT2D eigenvalue weighted by molar-refractivity contribution is 5.98. The Bertz CT molecular complexity index is 872. The lowest BCUT2D eigenvalue weighted by Gasteiger charge is -2.12. The molecule has 0 aliphatic rings. The third-order valence-corrected chi connectivity index (χ3v) is 3.53. The highest BCUT2D eigenvalue weighted by Crippen LogP contribution is 2.27. The highest BCUT2D eigenvalue weighted by Gasteiger charge is 2.15. The normalized spacial score (nSPS) is 10.6. The number of esters is 1. The molecule has 0 bridgehead atoms. The lowest BCUT2D eigenvalue weighted by atomic mass is 10.2. The number of hydrogen-bond acceptors (Lipinski definition) is 6. The molecule has 0 saturated heterocycles. The minimum atomic E-state index is -0.404. The molecule has 0 unspecified atom stereocenters. The van der Waals surface area contributed by atoms with Crippen LogP contribution >= 0.6 is 0 Å². The first-order valence-corrected chi connectivity index (χ1v) is 7.09. The maximum Gasteiger partial charge on any atom is 0.339 e. The highest BCUT2D eigenvalue weighted by atomic mass is 16.5. The Balaban J connectivity index is 2.12. The topological polar surface area (TPSA) is 81.1 Å². The van der Waals surface area contributed by atoms with Gasteiger partial charge in [0, 0.05) is 20.3 Å². The maximum absolute atomic E-state index is 11.9. The van der Waals surface area contributed by atoms with Gasteiger partial charge in [-0.15, -0.1) is 0 Å². The number of methoxy groups -OCH3 is 1. The number of benzene rings is 1. The minimum absolute atomic E-state index is 0.404. The van der Waals surface area contributed by atoms with E-state index < -0.39 is 5.97 Å². The molecule has 7 nitrogen and oxygen atoms in total. The third kappa shape index (κ3) is 2.68. The summed E-state index contributed by atoms with van der Waals surface area (Å²) in [6.45, 7) is 0. The number of anilines is 3. The smallest absolute Gasteiger partial charge is 0.339 e. The number of carbonyl (C=O) groups excluding carboxylic acids is 1. The quantitative estimate of drug-likeness (QED) is 0.721. The van der Waals surface area contributed by atoms with Crippen molar-refractivity contribution in [1.82, 2.24) is 14.5 Å². The molecule has 118 valence electrons. The van der Waals surface area contributed by atoms with Crippen LogP contribution in [0.25, 0.3) is 11.0 Å². The predicted octanol–water partition coefficient (Wildman–Crippen LogP) is 2.54. The van der Waals surface area contributed by atoms with Crippen molar-refractivity contribution in [2.75, 3.05) is 24.8 Å². The van der Waals surface area contributed by atoms with Crippen LogP contribution in [0.15, 0.2) is 36.5 Å². The summed E-state index contributed by atoms with van der Waals surface area (Å²) in [5.74, 6) is 0.712. The molecule has 2 N–H and O–H groups in total. The van der Waals surface area contributed by atoms with Gasteiger partial charge in [0.15, 0.2) is 5.82 Å². The van der Waals surface area contributed by atoms with Crippen LogP contribution in [0.1, 0.15) is 10.4 Å². The average Bonchev–Trinajstić information content (AvgIpc) is 2.96. The lowest BCUT2D eigenvalue weighted by Crippen LogP contribution is -2.08. The van der Waals surface area contributed by atoms with E-state index in [4.69, 9.17) is 4.74 Å². The number of rotatable bonds is 4. The first-order valence-electron chi connectivity index (χ1n) is 7.09. The second kappa shape index (κ2) is 5.96. The zero-order valence-electron chi connectivity index (χ0n) is 13.1. The Morgan fingerprint density at radius 1 is 1.22 bits per heavy atom. The molecular formula is C16H17N5O2. The molecule has 3 rings (SSSR count). The summed E-state index contributed by atoms with van der Waals surface area (Å²) in [4.78, 5) is 20.8. The number of aromatic nitrogens is 3. The summed E-state index contributed by atoms with van der Waals surface area (Å²) in [6, 6.07) is 9.06. The van der Waals surface area contributed by atoms with Gasteiger partial charge in [0.05, 0.1) is 23.9 Å². The number of hydrogen-bond donors (Lipinski definition) is 2. The molecule has 1 aromatic carbocycles. The van der Waals surface area contributed by atoms with Crippen LogP contribution in [0.5, 0.6) is 0 Å². The Labute approximate surface area is 133 Å². The Kier molecular flexibility index (Phi) is 3.84. The number of nitrogens with one attached hydrogen (secondary N) is 2. The van der Waals surface area contributed by atoms with Crippen molar-refractivity contribution in [2.45, 2.75) is 0 Å². The molecule has 0 atom stereocenters. The number of aryl methyl sites for hydroxylation is 1. The predicted molar refractivity (Wildman–Crippen MR) is 89.1 cm³/mol. The number of para-hydroxylation sites is 1. The van der Waals surface area contributed by atoms with Gasteiger partial charge < -0.3 is 19.9 Å². The van der Waals surface area contributed by atoms with Crippen LogP contribution < -0.4 is 10.6 Å². The second-order valence-electron chi connectivity index (χ2n) is 4.97. The summed E-state index contributed by atoms with van der Waals surface area (Å²) in [6.07, 6.45) is 1.91. The van der Waals surface area contributed by atoms with Gasteiger partial charge in [0.25, 0.3) is 0 Å². The van der Waals surface area contributed by atoms with Crippen molar-refractivity contribution in [3.63, 3.8) is 0 Å². The first-order chi connectivity index (χ1) is 11.1. The molecule has 2 aromatic heterocycles. The zero-order chi connectivity index (χ0) is 16.4. The van der Waals surface area contributed by atoms with Crippen molar-refractivity contribution in [2.24, 2.45) is 7.05 Å². The van der Waals surface area contributed by atoms with Crippen molar-refractivity contribution in [3.05, 3.63) is 42.1 Å². The van der Waals surface area contributed by atoms with Crippen LogP contribution in [0.3, 0.4) is 0 Å². The van der Waals surface area contributed by atoms with Crippen LogP contribution in [-0.2, 0) is 11.8 Å². The average molecular weight is 311 g/mol. The van der Waals surface area contributed by atoms with Gasteiger partial charge in [-0.1, -0.05) is 12.1 Å². The molecule has 0 radical (unpaired) electrons. The summed E-state index contributed by atoms with van der Waals surface area (Å²) < 4.78 is 6.75. The monoisotopic (exact) mass is 311 g/mol. The van der Waals surface area contributed by atoms with E-state index in [2.05, 4.69) is 20.6 Å². The fourth-order valence-corrected chi connectivity index (χ4v) is 2.40. The summed E-state index contributed by atoms with van der Waals surface area (Å²) in [7, 11) is 5.04. The van der Waals surface area contributed by atoms with E-state index in [1.54, 1.807) is 19.2 Å². The number of carbonyl (C=O) groups is 1. The SMILES string of the molecule is CNc1nc(Nc2ccccc2C(=O)OC)c2c(ccn2C)n1. The van der Waals surface area contributed by atoms with Crippen LogP contribution in [0, 0.1) is 0 Å². The summed E-state index contributed by atoms with van der Waals surface area (Å²) in [5, 5.41) is 6.16. The molecule has 0 spiro atoms. The number of fused-ring (bicyclic) bond motifs is 1. The van der Waals surface area contributed by atoms with Crippen molar-refractivity contribution >= 4 is 34.5 Å². The van der Waals surface area contributed by atoms with E-state index in [9.17, 15) is 4.79 Å². The Hall–Kier alpha value is -3.09. The van der Waals surface area contributed by atoms with Crippen LogP contribution in [-0.4, -0.2) is 34.7 Å². The zero-order valence-corrected chi connectivity index (χ0v) is 13.1. The Morgan fingerprint density at radius 2 is 2.00 bits per heavy atom. The van der Waals surface area contributed by atoms with Gasteiger partial charge in [0.2, 0.25) is 5.95 Å². The van der Waals surface area contributed by atoms with E-state index in [0.717, 1.165) is 11.0 Å². The van der Waals surface area contributed by atoms with Crippen LogP contribution in [0.2, 0.25) is 0 Å². The van der Waals surface area contributed by atoms with Gasteiger partial charge in [0.1, 0.15) is 5.52 Å². The molecule has 7 heteroatoms. The van der Waals surface area contributed by atoms with Gasteiger partial charge in [-0.3, -0.25) is 0 Å². The molecule has 0 aliphatic carbocycles. The molecule has 3 aromatic rings. The van der Waals surface area contributed by atoms with Crippen molar-refractivity contribution < 1.29 is 9.53 Å². The minimum Gasteiger partial charge on any atom is -0.465 e. The molecular weight excluding hydrogens is 294 g/mol. The molecule has 0 saturated carbocycles. The van der Waals surface area contributed by atoms with E-state index in [0.29, 0.717) is 23.0 Å². The maximum atomic E-state index is 11.9.